The Hall–Kier alpha value is -1.50. The van der Waals surface area contributed by atoms with Gasteiger partial charge < -0.3 is 5.32 Å². The van der Waals surface area contributed by atoms with Crippen molar-refractivity contribution >= 4 is 27.3 Å². The van der Waals surface area contributed by atoms with Crippen LogP contribution < -0.4 is 5.32 Å². The largest absolute Gasteiger partial charge is 0.308 e. The minimum atomic E-state index is 0.774. The zero-order valence-corrected chi connectivity index (χ0v) is 13.0. The van der Waals surface area contributed by atoms with Crippen LogP contribution in [0.25, 0.3) is 11.3 Å². The Morgan fingerprint density at radius 2 is 2.15 bits per heavy atom. The van der Waals surface area contributed by atoms with Crippen molar-refractivity contribution in [2.45, 2.75) is 13.1 Å². The van der Waals surface area contributed by atoms with Crippen LogP contribution in [0.4, 0.5) is 0 Å². The van der Waals surface area contributed by atoms with Gasteiger partial charge in [0, 0.05) is 41.5 Å². The van der Waals surface area contributed by atoms with Crippen molar-refractivity contribution in [3.63, 3.8) is 0 Å². The average Bonchev–Trinajstić information content (AvgIpc) is 3.09. The Morgan fingerprint density at radius 3 is 2.90 bits per heavy atom. The minimum Gasteiger partial charge on any atom is -0.308 e. The molecule has 0 saturated carbocycles. The van der Waals surface area contributed by atoms with Crippen molar-refractivity contribution in [2.24, 2.45) is 0 Å². The highest BCUT2D eigenvalue weighted by Crippen LogP contribution is 2.22. The van der Waals surface area contributed by atoms with Crippen LogP contribution in [0.15, 0.2) is 46.6 Å². The lowest BCUT2D eigenvalue weighted by Gasteiger charge is -2.04. The van der Waals surface area contributed by atoms with Crippen molar-refractivity contribution < 1.29 is 0 Å². The van der Waals surface area contributed by atoms with Crippen molar-refractivity contribution in [3.8, 4) is 11.3 Å². The summed E-state index contributed by atoms with van der Waals surface area (Å²) in [5.41, 5.74) is 3.23. The van der Waals surface area contributed by atoms with Crippen molar-refractivity contribution in [1.82, 2.24) is 20.5 Å². The van der Waals surface area contributed by atoms with Crippen molar-refractivity contribution in [1.29, 1.82) is 0 Å². The zero-order chi connectivity index (χ0) is 13.8. The van der Waals surface area contributed by atoms with Crippen LogP contribution in [0.5, 0.6) is 0 Å². The smallest absolute Gasteiger partial charge is 0.0710 e. The number of nitrogens with one attached hydrogen (secondary N) is 2. The van der Waals surface area contributed by atoms with E-state index in [0.717, 1.165) is 33.7 Å². The first-order valence-corrected chi connectivity index (χ1v) is 7.81. The van der Waals surface area contributed by atoms with Gasteiger partial charge in [0.1, 0.15) is 0 Å². The van der Waals surface area contributed by atoms with Gasteiger partial charge in [-0.2, -0.15) is 5.10 Å². The Balaban J connectivity index is 1.65. The number of H-pyrrole nitrogens is 1. The maximum Gasteiger partial charge on any atom is 0.0710 e. The molecule has 0 unspecified atom stereocenters. The molecule has 3 aromatic heterocycles. The van der Waals surface area contributed by atoms with E-state index in [1.165, 1.54) is 4.88 Å². The summed E-state index contributed by atoms with van der Waals surface area (Å²) in [5, 5.41) is 10.6. The van der Waals surface area contributed by atoms with E-state index in [-0.39, 0.29) is 0 Å². The molecule has 0 atom stereocenters. The molecule has 0 radical (unpaired) electrons. The Morgan fingerprint density at radius 1 is 1.20 bits per heavy atom. The number of rotatable bonds is 5. The molecule has 20 heavy (non-hydrogen) atoms. The topological polar surface area (TPSA) is 53.6 Å². The molecule has 3 heterocycles. The molecule has 0 amide bonds. The van der Waals surface area contributed by atoms with Crippen LogP contribution in [0.1, 0.15) is 10.4 Å². The number of pyridine rings is 1. The Kier molecular flexibility index (Phi) is 4.25. The number of hydrogen-bond donors (Lipinski definition) is 2. The molecule has 2 N–H and O–H groups in total. The van der Waals surface area contributed by atoms with E-state index in [4.69, 9.17) is 0 Å². The molecule has 0 fully saturated rings. The van der Waals surface area contributed by atoms with Gasteiger partial charge >= 0.3 is 0 Å². The molecule has 0 aliphatic carbocycles. The molecule has 0 bridgehead atoms. The first-order chi connectivity index (χ1) is 9.83. The van der Waals surface area contributed by atoms with Gasteiger partial charge in [-0.25, -0.2) is 0 Å². The molecular weight excluding hydrogens is 336 g/mol. The first kappa shape index (κ1) is 13.5. The lowest BCUT2D eigenvalue weighted by molar-refractivity contribution is 0.702. The van der Waals surface area contributed by atoms with E-state index in [2.05, 4.69) is 48.6 Å². The average molecular weight is 349 g/mol. The molecule has 0 saturated heterocycles. The second kappa shape index (κ2) is 6.30. The third kappa shape index (κ3) is 3.15. The summed E-state index contributed by atoms with van der Waals surface area (Å²) in [4.78, 5) is 5.45. The summed E-state index contributed by atoms with van der Waals surface area (Å²) >= 11 is 5.22. The fourth-order valence-electron chi connectivity index (χ4n) is 1.97. The summed E-state index contributed by atoms with van der Waals surface area (Å²) in [6.45, 7) is 1.63. The molecule has 0 aromatic carbocycles. The van der Waals surface area contributed by atoms with E-state index in [1.807, 2.05) is 24.5 Å². The van der Waals surface area contributed by atoms with Crippen molar-refractivity contribution in [2.75, 3.05) is 0 Å². The van der Waals surface area contributed by atoms with Crippen LogP contribution in [0.2, 0.25) is 0 Å². The standard InChI is InChI=1S/C14H13BrN4S/c15-13-4-3-12(20-13)9-17-7-11-8-18-19-14(11)10-2-1-5-16-6-10/h1-6,8,17H,7,9H2,(H,18,19). The van der Waals surface area contributed by atoms with Gasteiger partial charge in [0.2, 0.25) is 0 Å². The molecule has 4 nitrogen and oxygen atoms in total. The number of thiophene rings is 1. The van der Waals surface area contributed by atoms with Gasteiger partial charge in [-0.3, -0.25) is 10.1 Å². The van der Waals surface area contributed by atoms with Crippen LogP contribution in [0.3, 0.4) is 0 Å². The lowest BCUT2D eigenvalue weighted by Crippen LogP contribution is -2.11. The van der Waals surface area contributed by atoms with E-state index < -0.39 is 0 Å². The SMILES string of the molecule is Brc1ccc(CNCc2cn[nH]c2-c2cccnc2)s1. The van der Waals surface area contributed by atoms with Crippen LogP contribution in [0, 0.1) is 0 Å². The molecule has 3 aromatic rings. The molecule has 6 heteroatoms. The van der Waals surface area contributed by atoms with E-state index in [1.54, 1.807) is 17.5 Å². The highest BCUT2D eigenvalue weighted by molar-refractivity contribution is 9.11. The van der Waals surface area contributed by atoms with Gasteiger partial charge in [-0.05, 0) is 40.2 Å². The first-order valence-electron chi connectivity index (χ1n) is 6.20. The zero-order valence-electron chi connectivity index (χ0n) is 10.6. The van der Waals surface area contributed by atoms with Crippen molar-refractivity contribution in [3.05, 3.63) is 57.1 Å². The Bertz CT molecular complexity index is 677. The summed E-state index contributed by atoms with van der Waals surface area (Å²) in [6.07, 6.45) is 5.47. The number of aromatic nitrogens is 3. The highest BCUT2D eigenvalue weighted by atomic mass is 79.9. The summed E-state index contributed by atoms with van der Waals surface area (Å²) in [7, 11) is 0. The minimum absolute atomic E-state index is 0.774. The van der Waals surface area contributed by atoms with Crippen LogP contribution >= 0.6 is 27.3 Å². The highest BCUT2D eigenvalue weighted by Gasteiger charge is 2.07. The van der Waals surface area contributed by atoms with Crippen LogP contribution in [-0.4, -0.2) is 15.2 Å². The monoisotopic (exact) mass is 348 g/mol. The normalized spacial score (nSPS) is 10.8. The second-order valence-electron chi connectivity index (χ2n) is 4.32. The van der Waals surface area contributed by atoms with Gasteiger partial charge in [-0.15, -0.1) is 11.3 Å². The maximum absolute atomic E-state index is 4.14. The third-order valence-corrected chi connectivity index (χ3v) is 4.54. The molecular formula is C14H13BrN4S. The summed E-state index contributed by atoms with van der Waals surface area (Å²) < 4.78 is 1.16. The fraction of sp³-hybridized carbons (Fsp3) is 0.143. The lowest BCUT2D eigenvalue weighted by atomic mass is 10.1. The molecule has 102 valence electrons. The summed E-state index contributed by atoms with van der Waals surface area (Å²) in [5.74, 6) is 0. The number of hydrogen-bond acceptors (Lipinski definition) is 4. The number of nitrogens with zero attached hydrogens (tertiary/aromatic N) is 2. The van der Waals surface area contributed by atoms with E-state index in [0.29, 0.717) is 0 Å². The fourth-order valence-corrected chi connectivity index (χ4v) is 3.43. The molecule has 0 aliphatic rings. The summed E-state index contributed by atoms with van der Waals surface area (Å²) in [6, 6.07) is 8.15. The molecule has 3 rings (SSSR count). The van der Waals surface area contributed by atoms with Gasteiger partial charge in [-0.1, -0.05) is 0 Å². The predicted molar refractivity (Wildman–Crippen MR) is 84.4 cm³/mol. The second-order valence-corrected chi connectivity index (χ2v) is 6.87. The Labute approximate surface area is 129 Å². The van der Waals surface area contributed by atoms with E-state index >= 15 is 0 Å². The number of halogens is 1. The van der Waals surface area contributed by atoms with E-state index in [9.17, 15) is 0 Å². The van der Waals surface area contributed by atoms with Gasteiger partial charge in [0.15, 0.2) is 0 Å². The van der Waals surface area contributed by atoms with Crippen LogP contribution in [-0.2, 0) is 13.1 Å². The van der Waals surface area contributed by atoms with Gasteiger partial charge in [0.25, 0.3) is 0 Å². The quantitative estimate of drug-likeness (QED) is 0.740. The number of aromatic amines is 1. The third-order valence-electron chi connectivity index (χ3n) is 2.91. The molecule has 0 spiro atoms. The maximum atomic E-state index is 4.14. The molecule has 0 aliphatic heterocycles. The predicted octanol–water partition coefficient (Wildman–Crippen LogP) is 3.59. The van der Waals surface area contributed by atoms with Gasteiger partial charge in [0.05, 0.1) is 15.7 Å².